The molecule has 0 aliphatic heterocycles. The van der Waals surface area contributed by atoms with Crippen molar-refractivity contribution in [3.63, 3.8) is 0 Å². The van der Waals surface area contributed by atoms with Gasteiger partial charge in [-0.2, -0.15) is 11.8 Å². The fraction of sp³-hybridized carbons (Fsp3) is 0.417. The van der Waals surface area contributed by atoms with Gasteiger partial charge in [-0.3, -0.25) is 0 Å². The van der Waals surface area contributed by atoms with Crippen molar-refractivity contribution < 1.29 is 9.53 Å². The predicted octanol–water partition coefficient (Wildman–Crippen LogP) is 2.62. The molecule has 0 saturated carbocycles. The molecule has 1 rings (SSSR count). The van der Waals surface area contributed by atoms with E-state index < -0.39 is 0 Å². The number of ether oxygens (including phenoxy) is 1. The number of thioether (sulfide) groups is 1. The van der Waals surface area contributed by atoms with Crippen LogP contribution in [0.2, 0.25) is 0 Å². The molecule has 0 fully saturated rings. The summed E-state index contributed by atoms with van der Waals surface area (Å²) < 4.78 is 4.94. The third-order valence-electron chi connectivity index (χ3n) is 2.42. The Morgan fingerprint density at radius 2 is 2.19 bits per heavy atom. The van der Waals surface area contributed by atoms with Gasteiger partial charge in [0, 0.05) is 11.4 Å². The van der Waals surface area contributed by atoms with E-state index in [2.05, 4.69) is 0 Å². The molecule has 0 spiro atoms. The summed E-state index contributed by atoms with van der Waals surface area (Å²) in [7, 11) is 0. The van der Waals surface area contributed by atoms with Crippen LogP contribution in [0.5, 0.6) is 0 Å². The van der Waals surface area contributed by atoms with E-state index in [1.807, 2.05) is 19.2 Å². The number of hydrogen-bond donors (Lipinski definition) is 1. The molecule has 1 aromatic rings. The summed E-state index contributed by atoms with van der Waals surface area (Å²) in [6.45, 7) is 4.08. The molecule has 3 nitrogen and oxygen atoms in total. The van der Waals surface area contributed by atoms with Gasteiger partial charge in [0.15, 0.2) is 0 Å². The Bertz CT molecular complexity index is 391. The minimum absolute atomic E-state index is 0.348. The number of anilines is 1. The average Bonchev–Trinajstić information content (AvgIpc) is 2.25. The average molecular weight is 239 g/mol. The van der Waals surface area contributed by atoms with Crippen molar-refractivity contribution >= 4 is 23.4 Å². The molecule has 0 aliphatic carbocycles. The van der Waals surface area contributed by atoms with Crippen molar-refractivity contribution in [2.75, 3.05) is 18.6 Å². The van der Waals surface area contributed by atoms with Crippen LogP contribution >= 0.6 is 11.8 Å². The maximum Gasteiger partial charge on any atom is 0.340 e. The monoisotopic (exact) mass is 239 g/mol. The van der Waals surface area contributed by atoms with E-state index in [1.165, 1.54) is 0 Å². The van der Waals surface area contributed by atoms with Crippen LogP contribution in [0, 0.1) is 6.92 Å². The van der Waals surface area contributed by atoms with Crippen molar-refractivity contribution in [2.24, 2.45) is 0 Å². The van der Waals surface area contributed by atoms with Crippen molar-refractivity contribution in [3.8, 4) is 0 Å². The smallest absolute Gasteiger partial charge is 0.340 e. The highest BCUT2D eigenvalue weighted by Gasteiger charge is 2.14. The van der Waals surface area contributed by atoms with Crippen LogP contribution in [0.15, 0.2) is 12.1 Å². The van der Waals surface area contributed by atoms with Gasteiger partial charge in [0.2, 0.25) is 0 Å². The third-order valence-corrected chi connectivity index (χ3v) is 3.02. The van der Waals surface area contributed by atoms with Crippen molar-refractivity contribution in [3.05, 3.63) is 28.8 Å². The molecule has 0 aliphatic rings. The Morgan fingerprint density at radius 1 is 1.50 bits per heavy atom. The Kier molecular flexibility index (Phi) is 4.68. The molecule has 2 N–H and O–H groups in total. The summed E-state index contributed by atoms with van der Waals surface area (Å²) in [5, 5.41) is 0. The lowest BCUT2D eigenvalue weighted by Gasteiger charge is -2.11. The number of nitrogen functional groups attached to an aromatic ring is 1. The van der Waals surface area contributed by atoms with Gasteiger partial charge in [-0.1, -0.05) is 6.07 Å². The van der Waals surface area contributed by atoms with Crippen LogP contribution in [0.25, 0.3) is 0 Å². The zero-order valence-electron chi connectivity index (χ0n) is 9.87. The zero-order chi connectivity index (χ0) is 12.1. The van der Waals surface area contributed by atoms with E-state index in [4.69, 9.17) is 10.5 Å². The first-order chi connectivity index (χ1) is 7.61. The normalized spacial score (nSPS) is 10.2. The topological polar surface area (TPSA) is 52.3 Å². The lowest BCUT2D eigenvalue weighted by molar-refractivity contribution is 0.0527. The highest BCUT2D eigenvalue weighted by atomic mass is 32.2. The predicted molar refractivity (Wildman–Crippen MR) is 68.8 cm³/mol. The van der Waals surface area contributed by atoms with Crippen LogP contribution in [0.4, 0.5) is 5.69 Å². The van der Waals surface area contributed by atoms with Crippen LogP contribution in [0.1, 0.15) is 28.4 Å². The molecule has 0 atom stereocenters. The first-order valence-corrected chi connectivity index (χ1v) is 6.55. The van der Waals surface area contributed by atoms with E-state index in [9.17, 15) is 4.79 Å². The first-order valence-electron chi connectivity index (χ1n) is 5.15. The van der Waals surface area contributed by atoms with E-state index in [0.29, 0.717) is 17.9 Å². The number of carbonyl (C=O) groups is 1. The summed E-state index contributed by atoms with van der Waals surface area (Å²) in [6.07, 6.45) is 2.04. The Morgan fingerprint density at radius 3 is 2.75 bits per heavy atom. The van der Waals surface area contributed by atoms with Gasteiger partial charge in [-0.05, 0) is 37.3 Å². The molecular weight excluding hydrogens is 222 g/mol. The lowest BCUT2D eigenvalue weighted by Crippen LogP contribution is -2.10. The molecule has 0 aromatic heterocycles. The molecule has 0 heterocycles. The number of hydrogen-bond acceptors (Lipinski definition) is 4. The van der Waals surface area contributed by atoms with E-state index in [-0.39, 0.29) is 5.97 Å². The summed E-state index contributed by atoms with van der Waals surface area (Å²) in [4.78, 5) is 11.6. The zero-order valence-corrected chi connectivity index (χ0v) is 10.7. The summed E-state index contributed by atoms with van der Waals surface area (Å²) in [5.41, 5.74) is 9.07. The first kappa shape index (κ1) is 12.9. The molecular formula is C12H17NO2S. The summed E-state index contributed by atoms with van der Waals surface area (Å²) in [6, 6.07) is 3.68. The highest BCUT2D eigenvalue weighted by molar-refractivity contribution is 7.97. The van der Waals surface area contributed by atoms with Crippen LogP contribution in [-0.4, -0.2) is 18.8 Å². The number of benzene rings is 1. The van der Waals surface area contributed by atoms with Gasteiger partial charge in [0.25, 0.3) is 0 Å². The molecule has 88 valence electrons. The summed E-state index contributed by atoms with van der Waals surface area (Å²) in [5.74, 6) is 0.554. The minimum atomic E-state index is -0.348. The standard InChI is InChI=1S/C12H17NO2S/c1-4-15-12(14)10-6-5-9(7-16-3)8(2)11(10)13/h5-6H,4,7,13H2,1-3H3. The third kappa shape index (κ3) is 2.70. The number of carbonyl (C=O) groups excluding carboxylic acids is 1. The minimum Gasteiger partial charge on any atom is -0.462 e. The van der Waals surface area contributed by atoms with Crippen LogP contribution in [0.3, 0.4) is 0 Å². The Balaban J connectivity index is 3.06. The second kappa shape index (κ2) is 5.80. The van der Waals surface area contributed by atoms with Gasteiger partial charge in [-0.25, -0.2) is 4.79 Å². The maximum absolute atomic E-state index is 11.6. The SMILES string of the molecule is CCOC(=O)c1ccc(CSC)c(C)c1N. The lowest BCUT2D eigenvalue weighted by atomic mass is 10.0. The van der Waals surface area contributed by atoms with Gasteiger partial charge in [-0.15, -0.1) is 0 Å². The molecule has 1 aromatic carbocycles. The largest absolute Gasteiger partial charge is 0.462 e. The van der Waals surface area contributed by atoms with E-state index in [0.717, 1.165) is 16.9 Å². The van der Waals surface area contributed by atoms with Gasteiger partial charge >= 0.3 is 5.97 Å². The molecule has 0 amide bonds. The molecule has 0 radical (unpaired) electrons. The molecule has 16 heavy (non-hydrogen) atoms. The quantitative estimate of drug-likeness (QED) is 0.648. The van der Waals surface area contributed by atoms with Crippen molar-refractivity contribution in [1.29, 1.82) is 0 Å². The molecule has 0 saturated heterocycles. The van der Waals surface area contributed by atoms with E-state index >= 15 is 0 Å². The van der Waals surface area contributed by atoms with Gasteiger partial charge in [0.1, 0.15) is 0 Å². The van der Waals surface area contributed by atoms with Gasteiger partial charge in [0.05, 0.1) is 12.2 Å². The highest BCUT2D eigenvalue weighted by Crippen LogP contribution is 2.24. The Hall–Kier alpha value is -1.16. The molecule has 0 bridgehead atoms. The Labute approximate surface area is 100 Å². The van der Waals surface area contributed by atoms with E-state index in [1.54, 1.807) is 24.8 Å². The maximum atomic E-state index is 11.6. The fourth-order valence-corrected chi connectivity index (χ4v) is 2.10. The van der Waals surface area contributed by atoms with Gasteiger partial charge < -0.3 is 10.5 Å². The number of nitrogens with two attached hydrogens (primary N) is 1. The second-order valence-corrected chi connectivity index (χ2v) is 4.33. The van der Waals surface area contributed by atoms with Crippen LogP contribution in [-0.2, 0) is 10.5 Å². The molecule has 4 heteroatoms. The number of esters is 1. The van der Waals surface area contributed by atoms with Crippen molar-refractivity contribution in [2.45, 2.75) is 19.6 Å². The molecule has 0 unspecified atom stereocenters. The van der Waals surface area contributed by atoms with Crippen LogP contribution < -0.4 is 5.73 Å². The van der Waals surface area contributed by atoms with Crippen molar-refractivity contribution in [1.82, 2.24) is 0 Å². The second-order valence-electron chi connectivity index (χ2n) is 3.46. The summed E-state index contributed by atoms with van der Waals surface area (Å²) >= 11 is 1.73. The number of rotatable bonds is 4. The fourth-order valence-electron chi connectivity index (χ4n) is 1.47.